The number of halogens is 1. The molecule has 5 nitrogen and oxygen atoms in total. The van der Waals surface area contributed by atoms with Gasteiger partial charge in [-0.25, -0.2) is 9.97 Å². The van der Waals surface area contributed by atoms with E-state index in [9.17, 15) is 4.79 Å². The largest absolute Gasteiger partial charge is 0.372 e. The molecular formula is C17H18ClN3O2. The third kappa shape index (κ3) is 3.68. The van der Waals surface area contributed by atoms with E-state index >= 15 is 0 Å². The summed E-state index contributed by atoms with van der Waals surface area (Å²) in [4.78, 5) is 22.9. The first kappa shape index (κ1) is 15.9. The van der Waals surface area contributed by atoms with Crippen LogP contribution in [-0.4, -0.2) is 40.5 Å². The van der Waals surface area contributed by atoms with Crippen molar-refractivity contribution in [3.63, 3.8) is 0 Å². The maximum atomic E-state index is 12.0. The number of rotatable bonds is 4. The molecule has 0 bridgehead atoms. The minimum atomic E-state index is 0.0132. The summed E-state index contributed by atoms with van der Waals surface area (Å²) in [5, 5.41) is 0.690. The number of nitrogens with zero attached hydrogens (tertiary/aromatic N) is 3. The highest BCUT2D eigenvalue weighted by atomic mass is 35.5. The van der Waals surface area contributed by atoms with Crippen LogP contribution in [0, 0.1) is 0 Å². The van der Waals surface area contributed by atoms with Crippen molar-refractivity contribution in [2.75, 3.05) is 19.8 Å². The monoisotopic (exact) mass is 331 g/mol. The average molecular weight is 332 g/mol. The Labute approximate surface area is 140 Å². The molecule has 6 heteroatoms. The maximum Gasteiger partial charge on any atom is 0.248 e. The number of carbonyl (C=O) groups excluding carboxylic acids is 1. The van der Waals surface area contributed by atoms with Crippen molar-refractivity contribution in [2.24, 2.45) is 0 Å². The second-order valence-electron chi connectivity index (χ2n) is 5.37. The van der Waals surface area contributed by atoms with Gasteiger partial charge in [0, 0.05) is 48.5 Å². The Morgan fingerprint density at radius 1 is 1.35 bits per heavy atom. The van der Waals surface area contributed by atoms with Crippen molar-refractivity contribution in [1.29, 1.82) is 0 Å². The van der Waals surface area contributed by atoms with Crippen LogP contribution in [0.2, 0.25) is 5.02 Å². The lowest BCUT2D eigenvalue weighted by Crippen LogP contribution is -2.38. The Balaban J connectivity index is 1.76. The van der Waals surface area contributed by atoms with Gasteiger partial charge in [-0.1, -0.05) is 11.6 Å². The fourth-order valence-electron chi connectivity index (χ4n) is 2.55. The molecule has 0 atom stereocenters. The van der Waals surface area contributed by atoms with Gasteiger partial charge < -0.3 is 9.64 Å². The highest BCUT2D eigenvalue weighted by Gasteiger charge is 2.22. The van der Waals surface area contributed by atoms with Crippen LogP contribution < -0.4 is 0 Å². The van der Waals surface area contributed by atoms with Gasteiger partial charge in [0.2, 0.25) is 5.91 Å². The summed E-state index contributed by atoms with van der Waals surface area (Å²) in [6, 6.07) is 7.47. The van der Waals surface area contributed by atoms with Gasteiger partial charge in [0.05, 0.1) is 5.69 Å². The van der Waals surface area contributed by atoms with Gasteiger partial charge in [-0.15, -0.1) is 0 Å². The summed E-state index contributed by atoms with van der Waals surface area (Å²) in [5.74, 6) is 0.703. The van der Waals surface area contributed by atoms with Gasteiger partial charge in [0.1, 0.15) is 6.61 Å². The minimum Gasteiger partial charge on any atom is -0.372 e. The average Bonchev–Trinajstić information content (AvgIpc) is 2.59. The molecule has 1 amide bonds. The number of hydrogen-bond acceptors (Lipinski definition) is 4. The lowest BCUT2D eigenvalue weighted by atomic mass is 10.1. The van der Waals surface area contributed by atoms with Gasteiger partial charge in [-0.05, 0) is 31.2 Å². The zero-order valence-corrected chi connectivity index (χ0v) is 13.7. The Morgan fingerprint density at radius 2 is 2.13 bits per heavy atom. The SMILES string of the molecule is CCOCC(=O)N1CCc2nc(-c3ccc(Cl)cc3)ncc2C1. The van der Waals surface area contributed by atoms with Crippen molar-refractivity contribution in [1.82, 2.24) is 14.9 Å². The fraction of sp³-hybridized carbons (Fsp3) is 0.353. The fourth-order valence-corrected chi connectivity index (χ4v) is 2.67. The number of amides is 1. The Kier molecular flexibility index (Phi) is 4.88. The van der Waals surface area contributed by atoms with Crippen LogP contribution in [0.1, 0.15) is 18.2 Å². The maximum absolute atomic E-state index is 12.0. The Hall–Kier alpha value is -1.98. The molecule has 1 aromatic heterocycles. The molecule has 0 unspecified atom stereocenters. The topological polar surface area (TPSA) is 55.3 Å². The first-order valence-corrected chi connectivity index (χ1v) is 8.01. The van der Waals surface area contributed by atoms with Crippen LogP contribution in [0.4, 0.5) is 0 Å². The molecule has 3 rings (SSSR count). The first-order valence-electron chi connectivity index (χ1n) is 7.63. The van der Waals surface area contributed by atoms with Crippen LogP contribution in [0.3, 0.4) is 0 Å². The quantitative estimate of drug-likeness (QED) is 0.864. The van der Waals surface area contributed by atoms with E-state index in [1.54, 1.807) is 4.90 Å². The molecule has 0 aliphatic carbocycles. The van der Waals surface area contributed by atoms with Crippen LogP contribution in [0.5, 0.6) is 0 Å². The molecule has 0 N–H and O–H groups in total. The second-order valence-corrected chi connectivity index (χ2v) is 5.81. The third-order valence-electron chi connectivity index (χ3n) is 3.82. The summed E-state index contributed by atoms with van der Waals surface area (Å²) in [7, 11) is 0. The van der Waals surface area contributed by atoms with Crippen molar-refractivity contribution in [2.45, 2.75) is 19.9 Å². The van der Waals surface area contributed by atoms with Crippen LogP contribution in [0.15, 0.2) is 30.5 Å². The number of aromatic nitrogens is 2. The zero-order valence-electron chi connectivity index (χ0n) is 13.0. The van der Waals surface area contributed by atoms with Crippen LogP contribution in [-0.2, 0) is 22.5 Å². The molecule has 0 fully saturated rings. The standard InChI is InChI=1S/C17H18ClN3O2/c1-2-23-11-16(22)21-8-7-15-13(10-21)9-19-17(20-15)12-3-5-14(18)6-4-12/h3-6,9H,2,7-8,10-11H2,1H3. The summed E-state index contributed by atoms with van der Waals surface area (Å²) >= 11 is 5.91. The summed E-state index contributed by atoms with van der Waals surface area (Å²) in [5.41, 5.74) is 2.94. The molecule has 120 valence electrons. The third-order valence-corrected chi connectivity index (χ3v) is 4.07. The summed E-state index contributed by atoms with van der Waals surface area (Å²) in [6.07, 6.45) is 2.54. The van der Waals surface area contributed by atoms with Gasteiger partial charge in [0.25, 0.3) is 0 Å². The Morgan fingerprint density at radius 3 is 2.87 bits per heavy atom. The highest BCUT2D eigenvalue weighted by molar-refractivity contribution is 6.30. The summed E-state index contributed by atoms with van der Waals surface area (Å²) in [6.45, 7) is 3.77. The second kappa shape index (κ2) is 7.06. The van der Waals surface area contributed by atoms with Gasteiger partial charge >= 0.3 is 0 Å². The first-order chi connectivity index (χ1) is 11.2. The number of benzene rings is 1. The molecule has 2 aromatic rings. The van der Waals surface area contributed by atoms with Gasteiger partial charge in [0.15, 0.2) is 5.82 Å². The lowest BCUT2D eigenvalue weighted by Gasteiger charge is -2.28. The van der Waals surface area contributed by atoms with E-state index in [-0.39, 0.29) is 12.5 Å². The molecule has 0 saturated carbocycles. The molecule has 0 spiro atoms. The number of carbonyl (C=O) groups is 1. The van der Waals surface area contributed by atoms with E-state index in [4.69, 9.17) is 16.3 Å². The predicted octanol–water partition coefficient (Wildman–Crippen LogP) is 2.72. The minimum absolute atomic E-state index is 0.0132. The molecule has 1 aliphatic rings. The summed E-state index contributed by atoms with van der Waals surface area (Å²) < 4.78 is 5.19. The van der Waals surface area contributed by atoms with E-state index < -0.39 is 0 Å². The van der Waals surface area contributed by atoms with E-state index in [2.05, 4.69) is 9.97 Å². The van der Waals surface area contributed by atoms with Gasteiger partial charge in [-0.2, -0.15) is 0 Å². The van der Waals surface area contributed by atoms with Crippen molar-refractivity contribution in [3.8, 4) is 11.4 Å². The van der Waals surface area contributed by atoms with Crippen molar-refractivity contribution >= 4 is 17.5 Å². The molecule has 0 saturated heterocycles. The van der Waals surface area contributed by atoms with Crippen molar-refractivity contribution in [3.05, 3.63) is 46.7 Å². The number of fused-ring (bicyclic) bond motifs is 1. The van der Waals surface area contributed by atoms with E-state index in [0.29, 0.717) is 30.5 Å². The molecule has 2 heterocycles. The van der Waals surface area contributed by atoms with E-state index in [1.165, 1.54) is 0 Å². The Bertz CT molecular complexity index is 703. The zero-order chi connectivity index (χ0) is 16.2. The van der Waals surface area contributed by atoms with Crippen LogP contribution in [0.25, 0.3) is 11.4 Å². The van der Waals surface area contributed by atoms with Crippen LogP contribution >= 0.6 is 11.6 Å². The van der Waals surface area contributed by atoms with Gasteiger partial charge in [-0.3, -0.25) is 4.79 Å². The number of ether oxygens (including phenoxy) is 1. The normalized spacial score (nSPS) is 13.7. The smallest absolute Gasteiger partial charge is 0.248 e. The lowest BCUT2D eigenvalue weighted by molar-refractivity contribution is -0.136. The van der Waals surface area contributed by atoms with Crippen molar-refractivity contribution < 1.29 is 9.53 Å². The van der Waals surface area contributed by atoms with E-state index in [0.717, 1.165) is 23.2 Å². The molecular weight excluding hydrogens is 314 g/mol. The number of hydrogen-bond donors (Lipinski definition) is 0. The van der Waals surface area contributed by atoms with E-state index in [1.807, 2.05) is 37.4 Å². The molecule has 23 heavy (non-hydrogen) atoms. The molecule has 0 radical (unpaired) electrons. The predicted molar refractivity (Wildman–Crippen MR) is 88.1 cm³/mol. The molecule has 1 aromatic carbocycles. The highest BCUT2D eigenvalue weighted by Crippen LogP contribution is 2.22. The molecule has 1 aliphatic heterocycles.